The van der Waals surface area contributed by atoms with Crippen LogP contribution in [0.4, 0.5) is 0 Å². The lowest BCUT2D eigenvalue weighted by atomic mass is 9.47. The van der Waals surface area contributed by atoms with Crippen LogP contribution < -0.4 is 0 Å². The SMILES string of the molecule is C[C@]12CC[C@H]3[C@@H](CC(=O)C4=CC(O)=CC[C@@]43CO)[C@@H]1CCC2=O. The molecule has 0 unspecified atom stereocenters. The number of allylic oxidation sites excluding steroid dienone is 2. The smallest absolute Gasteiger partial charge is 0.159 e. The van der Waals surface area contributed by atoms with Crippen LogP contribution in [0.3, 0.4) is 0 Å². The van der Waals surface area contributed by atoms with Crippen molar-refractivity contribution >= 4 is 11.6 Å². The van der Waals surface area contributed by atoms with Crippen LogP contribution in [0.5, 0.6) is 0 Å². The molecule has 5 atom stereocenters. The fraction of sp³-hybridized carbons (Fsp3) is 0.684. The zero-order chi connectivity index (χ0) is 16.4. The number of hydrogen-bond acceptors (Lipinski definition) is 4. The van der Waals surface area contributed by atoms with E-state index in [4.69, 9.17) is 0 Å². The highest BCUT2D eigenvalue weighted by Crippen LogP contribution is 2.63. The number of Topliss-reactive ketones (excluding diaryl/α,β-unsaturated/α-hetero) is 2. The Morgan fingerprint density at radius 3 is 2.78 bits per heavy atom. The Hall–Kier alpha value is -1.42. The molecular weight excluding hydrogens is 292 g/mol. The minimum absolute atomic E-state index is 0.0450. The molecule has 0 aliphatic heterocycles. The molecule has 0 radical (unpaired) electrons. The molecule has 3 fully saturated rings. The minimum Gasteiger partial charge on any atom is -0.508 e. The summed E-state index contributed by atoms with van der Waals surface area (Å²) in [6, 6.07) is 0. The molecule has 4 heteroatoms. The van der Waals surface area contributed by atoms with Crippen molar-refractivity contribution in [3.05, 3.63) is 23.5 Å². The second-order valence-corrected chi connectivity index (χ2v) is 8.13. The molecule has 0 spiro atoms. The van der Waals surface area contributed by atoms with Crippen molar-refractivity contribution in [2.24, 2.45) is 28.6 Å². The molecule has 23 heavy (non-hydrogen) atoms. The van der Waals surface area contributed by atoms with Crippen LogP contribution in [0.2, 0.25) is 0 Å². The number of carbonyl (C=O) groups excluding carboxylic acids is 2. The van der Waals surface area contributed by atoms with Crippen LogP contribution in [0.1, 0.15) is 45.4 Å². The van der Waals surface area contributed by atoms with Crippen LogP contribution in [0, 0.1) is 28.6 Å². The van der Waals surface area contributed by atoms with Crippen LogP contribution >= 0.6 is 0 Å². The summed E-state index contributed by atoms with van der Waals surface area (Å²) in [7, 11) is 0. The summed E-state index contributed by atoms with van der Waals surface area (Å²) in [5.74, 6) is 1.21. The zero-order valence-electron chi connectivity index (χ0n) is 13.5. The number of hydrogen-bond donors (Lipinski definition) is 2. The third-order valence-corrected chi connectivity index (χ3v) is 7.36. The van der Waals surface area contributed by atoms with Gasteiger partial charge in [-0.1, -0.05) is 6.92 Å². The predicted molar refractivity (Wildman–Crippen MR) is 84.6 cm³/mol. The second-order valence-electron chi connectivity index (χ2n) is 8.13. The van der Waals surface area contributed by atoms with E-state index in [9.17, 15) is 19.8 Å². The van der Waals surface area contributed by atoms with E-state index in [1.807, 2.05) is 0 Å². The van der Waals surface area contributed by atoms with E-state index < -0.39 is 5.41 Å². The second kappa shape index (κ2) is 4.79. The molecule has 0 bridgehead atoms. The lowest BCUT2D eigenvalue weighted by Crippen LogP contribution is -2.54. The number of ketones is 2. The number of aliphatic hydroxyl groups is 2. The number of carbonyl (C=O) groups is 2. The molecular formula is C19H24O4. The minimum atomic E-state index is -0.556. The maximum absolute atomic E-state index is 12.8. The summed E-state index contributed by atoms with van der Waals surface area (Å²) in [5.41, 5.74) is -0.223. The Labute approximate surface area is 136 Å². The fourth-order valence-corrected chi connectivity index (χ4v) is 6.08. The summed E-state index contributed by atoms with van der Waals surface area (Å²) in [4.78, 5) is 25.1. The molecule has 0 aromatic heterocycles. The van der Waals surface area contributed by atoms with Crippen molar-refractivity contribution in [1.82, 2.24) is 0 Å². The molecule has 4 rings (SSSR count). The van der Waals surface area contributed by atoms with Crippen molar-refractivity contribution in [2.45, 2.75) is 45.4 Å². The van der Waals surface area contributed by atoms with Crippen LogP contribution in [-0.4, -0.2) is 28.4 Å². The number of rotatable bonds is 1. The van der Waals surface area contributed by atoms with Crippen molar-refractivity contribution in [3.63, 3.8) is 0 Å². The predicted octanol–water partition coefficient (Wildman–Crippen LogP) is 2.72. The third-order valence-electron chi connectivity index (χ3n) is 7.36. The van der Waals surface area contributed by atoms with Crippen LogP contribution in [-0.2, 0) is 9.59 Å². The first kappa shape index (κ1) is 15.1. The van der Waals surface area contributed by atoms with Crippen molar-refractivity contribution in [3.8, 4) is 0 Å². The summed E-state index contributed by atoms with van der Waals surface area (Å²) in [5, 5.41) is 20.0. The molecule has 3 saturated carbocycles. The van der Waals surface area contributed by atoms with E-state index in [0.29, 0.717) is 30.6 Å². The molecule has 2 N–H and O–H groups in total. The van der Waals surface area contributed by atoms with Gasteiger partial charge in [0.25, 0.3) is 0 Å². The quantitative estimate of drug-likeness (QED) is 0.780. The summed E-state index contributed by atoms with van der Waals surface area (Å²) in [6.07, 6.45) is 7.51. The van der Waals surface area contributed by atoms with E-state index in [1.165, 1.54) is 0 Å². The van der Waals surface area contributed by atoms with Gasteiger partial charge in [0.1, 0.15) is 11.5 Å². The van der Waals surface area contributed by atoms with E-state index in [1.54, 1.807) is 12.2 Å². The molecule has 0 aromatic rings. The molecule has 0 aromatic carbocycles. The summed E-state index contributed by atoms with van der Waals surface area (Å²) >= 11 is 0. The Kier molecular flexibility index (Phi) is 3.15. The Morgan fingerprint density at radius 2 is 2.04 bits per heavy atom. The van der Waals surface area contributed by atoms with Gasteiger partial charge in [-0.25, -0.2) is 0 Å². The van der Waals surface area contributed by atoms with Gasteiger partial charge in [-0.05, 0) is 55.6 Å². The van der Waals surface area contributed by atoms with Gasteiger partial charge in [0, 0.05) is 29.2 Å². The Balaban J connectivity index is 1.78. The van der Waals surface area contributed by atoms with Gasteiger partial charge in [-0.15, -0.1) is 0 Å². The van der Waals surface area contributed by atoms with E-state index in [2.05, 4.69) is 6.92 Å². The Bertz CT molecular complexity index is 646. The zero-order valence-corrected chi connectivity index (χ0v) is 13.5. The molecule has 4 aliphatic carbocycles. The van der Waals surface area contributed by atoms with Gasteiger partial charge in [-0.3, -0.25) is 9.59 Å². The van der Waals surface area contributed by atoms with Gasteiger partial charge in [-0.2, -0.15) is 0 Å². The molecule has 4 aliphatic rings. The largest absolute Gasteiger partial charge is 0.508 e. The average molecular weight is 316 g/mol. The number of aliphatic hydroxyl groups excluding tert-OH is 2. The molecule has 124 valence electrons. The lowest BCUT2D eigenvalue weighted by Gasteiger charge is -2.56. The third kappa shape index (κ3) is 1.81. The van der Waals surface area contributed by atoms with Crippen molar-refractivity contribution in [2.75, 3.05) is 6.61 Å². The average Bonchev–Trinajstić information content (AvgIpc) is 2.84. The van der Waals surface area contributed by atoms with E-state index >= 15 is 0 Å². The lowest BCUT2D eigenvalue weighted by molar-refractivity contribution is -0.139. The monoisotopic (exact) mass is 316 g/mol. The maximum atomic E-state index is 12.8. The first-order valence-electron chi connectivity index (χ1n) is 8.71. The fourth-order valence-electron chi connectivity index (χ4n) is 6.08. The van der Waals surface area contributed by atoms with E-state index in [-0.39, 0.29) is 41.3 Å². The first-order chi connectivity index (χ1) is 10.9. The van der Waals surface area contributed by atoms with Gasteiger partial charge >= 0.3 is 0 Å². The van der Waals surface area contributed by atoms with Gasteiger partial charge in [0.15, 0.2) is 5.78 Å². The van der Waals surface area contributed by atoms with Crippen molar-refractivity contribution < 1.29 is 19.8 Å². The molecule has 4 nitrogen and oxygen atoms in total. The first-order valence-corrected chi connectivity index (χ1v) is 8.71. The topological polar surface area (TPSA) is 74.6 Å². The molecule has 0 heterocycles. The highest BCUT2D eigenvalue weighted by Gasteiger charge is 2.61. The Morgan fingerprint density at radius 1 is 1.26 bits per heavy atom. The standard InChI is InChI=1S/C19H24O4/c1-18-6-5-14-12(13(18)2-3-17(18)23)9-16(22)15-8-11(21)4-7-19(14,15)10-20/h4,8,12-14,20-21H,2-3,5-7,9-10H2,1H3/t12-,13-,14-,18-,19-/m0/s1. The normalized spacial score (nSPS) is 45.7. The highest BCUT2D eigenvalue weighted by atomic mass is 16.3. The summed E-state index contributed by atoms with van der Waals surface area (Å²) in [6.45, 7) is 2.02. The maximum Gasteiger partial charge on any atom is 0.159 e. The molecule has 0 amide bonds. The summed E-state index contributed by atoms with van der Waals surface area (Å²) < 4.78 is 0. The van der Waals surface area contributed by atoms with E-state index in [0.717, 1.165) is 19.3 Å². The van der Waals surface area contributed by atoms with Gasteiger partial charge in [0.05, 0.1) is 6.61 Å². The van der Waals surface area contributed by atoms with Gasteiger partial charge < -0.3 is 10.2 Å². The highest BCUT2D eigenvalue weighted by molar-refractivity contribution is 5.99. The van der Waals surface area contributed by atoms with Gasteiger partial charge in [0.2, 0.25) is 0 Å². The van der Waals surface area contributed by atoms with Crippen molar-refractivity contribution in [1.29, 1.82) is 0 Å². The van der Waals surface area contributed by atoms with Crippen LogP contribution in [0.15, 0.2) is 23.5 Å². The van der Waals surface area contributed by atoms with Crippen LogP contribution in [0.25, 0.3) is 0 Å². The number of fused-ring (bicyclic) bond motifs is 5. The molecule has 0 saturated heterocycles.